The molecular weight excluding hydrogens is 342 g/mol. The number of thiazole rings is 1. The SMILES string of the molecule is C[C@H](CNC(=O)/C=C/c1c(F)cccc1F)c1nc2ccccc2s1. The predicted octanol–water partition coefficient (Wildman–Crippen LogP) is 4.51. The van der Waals surface area contributed by atoms with Crippen molar-refractivity contribution >= 4 is 33.5 Å². The van der Waals surface area contributed by atoms with Crippen LogP contribution in [0, 0.1) is 11.6 Å². The lowest BCUT2D eigenvalue weighted by Gasteiger charge is -2.08. The van der Waals surface area contributed by atoms with Crippen molar-refractivity contribution in [1.29, 1.82) is 0 Å². The first-order chi connectivity index (χ1) is 12.0. The van der Waals surface area contributed by atoms with Crippen molar-refractivity contribution < 1.29 is 13.6 Å². The summed E-state index contributed by atoms with van der Waals surface area (Å²) in [5.74, 6) is -1.77. The number of carbonyl (C=O) groups is 1. The Labute approximate surface area is 148 Å². The normalized spacial score (nSPS) is 12.6. The molecule has 0 bridgehead atoms. The van der Waals surface area contributed by atoms with Gasteiger partial charge in [0, 0.05) is 24.1 Å². The lowest BCUT2D eigenvalue weighted by molar-refractivity contribution is -0.116. The maximum atomic E-state index is 13.5. The van der Waals surface area contributed by atoms with E-state index in [0.29, 0.717) is 6.54 Å². The Morgan fingerprint density at radius 1 is 1.20 bits per heavy atom. The number of hydrogen-bond acceptors (Lipinski definition) is 3. The minimum atomic E-state index is -0.702. The van der Waals surface area contributed by atoms with E-state index in [1.807, 2.05) is 31.2 Å². The molecule has 0 fully saturated rings. The van der Waals surface area contributed by atoms with Gasteiger partial charge in [-0.25, -0.2) is 13.8 Å². The fraction of sp³-hybridized carbons (Fsp3) is 0.158. The number of rotatable bonds is 5. The van der Waals surface area contributed by atoms with Crippen LogP contribution in [-0.2, 0) is 4.79 Å². The predicted molar refractivity (Wildman–Crippen MR) is 96.4 cm³/mol. The molecule has 0 unspecified atom stereocenters. The van der Waals surface area contributed by atoms with E-state index < -0.39 is 17.5 Å². The van der Waals surface area contributed by atoms with Crippen LogP contribution in [0.25, 0.3) is 16.3 Å². The molecule has 1 atom stereocenters. The number of hydrogen-bond donors (Lipinski definition) is 1. The van der Waals surface area contributed by atoms with Crippen LogP contribution in [0.5, 0.6) is 0 Å². The molecule has 1 N–H and O–H groups in total. The molecule has 0 saturated heterocycles. The Morgan fingerprint density at radius 2 is 1.92 bits per heavy atom. The van der Waals surface area contributed by atoms with Gasteiger partial charge in [0.05, 0.1) is 15.2 Å². The highest BCUT2D eigenvalue weighted by molar-refractivity contribution is 7.18. The van der Waals surface area contributed by atoms with E-state index in [9.17, 15) is 13.6 Å². The van der Waals surface area contributed by atoms with E-state index in [4.69, 9.17) is 0 Å². The van der Waals surface area contributed by atoms with Crippen LogP contribution in [0.1, 0.15) is 23.4 Å². The third-order valence-corrected chi connectivity index (χ3v) is 4.98. The summed E-state index contributed by atoms with van der Waals surface area (Å²) >= 11 is 1.59. The zero-order valence-electron chi connectivity index (χ0n) is 13.5. The standard InChI is InChI=1S/C19H16F2N2OS/c1-12(19-23-16-7-2-3-8-17(16)25-19)11-22-18(24)10-9-13-14(20)5-4-6-15(13)21/h2-10,12H,11H2,1H3,(H,22,24)/b10-9+/t12-/m1/s1. The number of nitrogens with one attached hydrogen (secondary N) is 1. The van der Waals surface area contributed by atoms with E-state index >= 15 is 0 Å². The molecule has 128 valence electrons. The fourth-order valence-electron chi connectivity index (χ4n) is 2.33. The molecule has 1 amide bonds. The average molecular weight is 358 g/mol. The van der Waals surface area contributed by atoms with Crippen molar-refractivity contribution in [1.82, 2.24) is 10.3 Å². The van der Waals surface area contributed by atoms with Crippen LogP contribution in [0.3, 0.4) is 0 Å². The molecule has 3 nitrogen and oxygen atoms in total. The van der Waals surface area contributed by atoms with Gasteiger partial charge < -0.3 is 5.32 Å². The maximum Gasteiger partial charge on any atom is 0.244 e. The Morgan fingerprint density at radius 3 is 2.64 bits per heavy atom. The highest BCUT2D eigenvalue weighted by Gasteiger charge is 2.12. The van der Waals surface area contributed by atoms with Gasteiger partial charge in [-0.05, 0) is 30.3 Å². The first-order valence-electron chi connectivity index (χ1n) is 7.80. The van der Waals surface area contributed by atoms with Crippen molar-refractivity contribution in [2.45, 2.75) is 12.8 Å². The largest absolute Gasteiger partial charge is 0.352 e. The van der Waals surface area contributed by atoms with Gasteiger partial charge in [-0.2, -0.15) is 0 Å². The molecule has 0 aliphatic rings. The highest BCUT2D eigenvalue weighted by atomic mass is 32.1. The molecule has 0 saturated carbocycles. The Hall–Kier alpha value is -2.60. The molecule has 1 aromatic heterocycles. The Kier molecular flexibility index (Phi) is 5.19. The zero-order valence-corrected chi connectivity index (χ0v) is 14.3. The number of amides is 1. The minimum Gasteiger partial charge on any atom is -0.352 e. The van der Waals surface area contributed by atoms with Crippen LogP contribution in [-0.4, -0.2) is 17.4 Å². The number of nitrogens with zero attached hydrogens (tertiary/aromatic N) is 1. The molecule has 0 radical (unpaired) electrons. The fourth-order valence-corrected chi connectivity index (χ4v) is 3.35. The van der Waals surface area contributed by atoms with Crippen molar-refractivity contribution in [3.8, 4) is 0 Å². The lowest BCUT2D eigenvalue weighted by atomic mass is 10.1. The van der Waals surface area contributed by atoms with Gasteiger partial charge >= 0.3 is 0 Å². The second-order valence-corrected chi connectivity index (χ2v) is 6.70. The van der Waals surface area contributed by atoms with Gasteiger partial charge in [0.15, 0.2) is 0 Å². The number of para-hydroxylation sites is 1. The van der Waals surface area contributed by atoms with Gasteiger partial charge in [0.1, 0.15) is 11.6 Å². The van der Waals surface area contributed by atoms with Gasteiger partial charge in [0.2, 0.25) is 5.91 Å². The molecule has 2 aromatic carbocycles. The number of halogens is 2. The number of carbonyl (C=O) groups excluding carboxylic acids is 1. The quantitative estimate of drug-likeness (QED) is 0.682. The summed E-state index contributed by atoms with van der Waals surface area (Å²) in [6.45, 7) is 2.36. The van der Waals surface area contributed by atoms with E-state index in [2.05, 4.69) is 10.3 Å². The molecule has 0 spiro atoms. The topological polar surface area (TPSA) is 42.0 Å². The maximum absolute atomic E-state index is 13.5. The number of aromatic nitrogens is 1. The molecule has 0 aliphatic heterocycles. The second-order valence-electron chi connectivity index (χ2n) is 5.63. The molecule has 1 heterocycles. The first kappa shape index (κ1) is 17.2. The van der Waals surface area contributed by atoms with Crippen LogP contribution in [0.15, 0.2) is 48.5 Å². The summed E-state index contributed by atoms with van der Waals surface area (Å²) < 4.78 is 28.1. The second kappa shape index (κ2) is 7.53. The van der Waals surface area contributed by atoms with Crippen molar-refractivity contribution in [3.63, 3.8) is 0 Å². The van der Waals surface area contributed by atoms with Gasteiger partial charge in [-0.3, -0.25) is 4.79 Å². The third-order valence-electron chi connectivity index (χ3n) is 3.72. The van der Waals surface area contributed by atoms with Crippen molar-refractivity contribution in [3.05, 3.63) is 70.7 Å². The first-order valence-corrected chi connectivity index (χ1v) is 8.61. The van der Waals surface area contributed by atoms with Crippen LogP contribution >= 0.6 is 11.3 Å². The summed E-state index contributed by atoms with van der Waals surface area (Å²) in [5, 5.41) is 3.67. The monoisotopic (exact) mass is 358 g/mol. The number of benzene rings is 2. The average Bonchev–Trinajstić information content (AvgIpc) is 3.03. The Balaban J connectivity index is 1.61. The van der Waals surface area contributed by atoms with Crippen molar-refractivity contribution in [2.75, 3.05) is 6.54 Å². The number of fused-ring (bicyclic) bond motifs is 1. The van der Waals surface area contributed by atoms with Crippen LogP contribution in [0.2, 0.25) is 0 Å². The van der Waals surface area contributed by atoms with Crippen LogP contribution in [0.4, 0.5) is 8.78 Å². The zero-order chi connectivity index (χ0) is 17.8. The minimum absolute atomic E-state index is 0.0416. The van der Waals surface area contributed by atoms with Gasteiger partial charge in [-0.15, -0.1) is 11.3 Å². The van der Waals surface area contributed by atoms with E-state index in [1.165, 1.54) is 6.07 Å². The Bertz CT molecular complexity index is 883. The van der Waals surface area contributed by atoms with E-state index in [-0.39, 0.29) is 11.5 Å². The summed E-state index contributed by atoms with van der Waals surface area (Å²) in [7, 11) is 0. The summed E-state index contributed by atoms with van der Waals surface area (Å²) in [6.07, 6.45) is 2.27. The molecular formula is C19H16F2N2OS. The van der Waals surface area contributed by atoms with E-state index in [0.717, 1.165) is 39.5 Å². The van der Waals surface area contributed by atoms with E-state index in [1.54, 1.807) is 11.3 Å². The van der Waals surface area contributed by atoms with Crippen molar-refractivity contribution in [2.24, 2.45) is 0 Å². The van der Waals surface area contributed by atoms with Gasteiger partial charge in [-0.1, -0.05) is 25.1 Å². The summed E-state index contributed by atoms with van der Waals surface area (Å²) in [6, 6.07) is 11.4. The van der Waals surface area contributed by atoms with Crippen LogP contribution < -0.4 is 5.32 Å². The molecule has 0 aliphatic carbocycles. The molecule has 25 heavy (non-hydrogen) atoms. The lowest BCUT2D eigenvalue weighted by Crippen LogP contribution is -2.25. The third kappa shape index (κ3) is 4.09. The van der Waals surface area contributed by atoms with Gasteiger partial charge in [0.25, 0.3) is 0 Å². The smallest absolute Gasteiger partial charge is 0.244 e. The molecule has 6 heteroatoms. The molecule has 3 rings (SSSR count). The molecule has 3 aromatic rings. The summed E-state index contributed by atoms with van der Waals surface area (Å²) in [4.78, 5) is 16.4. The summed E-state index contributed by atoms with van der Waals surface area (Å²) in [5.41, 5.74) is 0.715. The highest BCUT2D eigenvalue weighted by Crippen LogP contribution is 2.26.